The smallest absolute Gasteiger partial charge is 0.293 e. The molecule has 3 aromatic heterocycles. The van der Waals surface area contributed by atoms with Crippen LogP contribution in [0.5, 0.6) is 11.5 Å². The highest BCUT2D eigenvalue weighted by molar-refractivity contribution is 7.90. The summed E-state index contributed by atoms with van der Waals surface area (Å²) in [5.41, 5.74) is 5.77. The molecule has 1 atom stereocenters. The fourth-order valence-corrected chi connectivity index (χ4v) is 10.3. The fraction of sp³-hybridized carbons (Fsp3) is 0.422. The number of carbonyl (C=O) groups excluding carboxylic acids is 1. The van der Waals surface area contributed by atoms with E-state index < -0.39 is 31.4 Å². The molecule has 3 N–H and O–H groups in total. The number of fused-ring (bicyclic) bond motifs is 1. The summed E-state index contributed by atoms with van der Waals surface area (Å²) in [7, 11) is -4.57. The molecule has 62 heavy (non-hydrogen) atoms. The molecular formula is C45H53N7O8S2. The van der Waals surface area contributed by atoms with Gasteiger partial charge in [0.15, 0.2) is 0 Å². The van der Waals surface area contributed by atoms with E-state index >= 15 is 0 Å². The monoisotopic (exact) mass is 883 g/mol. The number of anilines is 2. The number of hydrogen-bond acceptors (Lipinski definition) is 13. The first-order valence-corrected chi connectivity index (χ1v) is 23.4. The number of sulfonamides is 1. The summed E-state index contributed by atoms with van der Waals surface area (Å²) in [6, 6.07) is 14.5. The number of thiophene rings is 1. The van der Waals surface area contributed by atoms with Gasteiger partial charge in [-0.1, -0.05) is 33.3 Å². The minimum absolute atomic E-state index is 0.0403. The summed E-state index contributed by atoms with van der Waals surface area (Å²) >= 11 is 1.87. The van der Waals surface area contributed by atoms with E-state index in [1.807, 2.05) is 17.4 Å². The molecule has 17 heteroatoms. The van der Waals surface area contributed by atoms with Crippen molar-refractivity contribution in [1.29, 1.82) is 0 Å². The second-order valence-electron chi connectivity index (χ2n) is 17.3. The van der Waals surface area contributed by atoms with E-state index in [2.05, 4.69) is 68.9 Å². The van der Waals surface area contributed by atoms with Gasteiger partial charge in [0.1, 0.15) is 22.8 Å². The molecule has 2 aromatic carbocycles. The van der Waals surface area contributed by atoms with E-state index in [4.69, 9.17) is 14.2 Å². The predicted octanol–water partition coefficient (Wildman–Crippen LogP) is 8.18. The first kappa shape index (κ1) is 43.3. The molecule has 3 aliphatic rings. The van der Waals surface area contributed by atoms with E-state index in [0.29, 0.717) is 37.1 Å². The van der Waals surface area contributed by atoms with Crippen LogP contribution < -0.4 is 19.7 Å². The van der Waals surface area contributed by atoms with Gasteiger partial charge in [-0.2, -0.15) is 0 Å². The van der Waals surface area contributed by atoms with Gasteiger partial charge >= 0.3 is 0 Å². The first-order chi connectivity index (χ1) is 29.7. The molecule has 2 aliphatic heterocycles. The number of benzene rings is 2. The number of nitro groups is 1. The maximum Gasteiger partial charge on any atom is 0.293 e. The number of nitro benzene ring substituents is 1. The van der Waals surface area contributed by atoms with Gasteiger partial charge in [0.2, 0.25) is 0 Å². The number of pyridine rings is 1. The first-order valence-electron chi connectivity index (χ1n) is 21.0. The van der Waals surface area contributed by atoms with Crippen LogP contribution in [-0.2, 0) is 19.5 Å². The van der Waals surface area contributed by atoms with E-state index in [-0.39, 0.29) is 35.1 Å². The second kappa shape index (κ2) is 18.2. The van der Waals surface area contributed by atoms with Crippen molar-refractivity contribution in [3.63, 3.8) is 0 Å². The van der Waals surface area contributed by atoms with Crippen molar-refractivity contribution in [3.05, 3.63) is 104 Å². The molecule has 0 radical (unpaired) electrons. The van der Waals surface area contributed by atoms with Crippen LogP contribution in [0.4, 0.5) is 17.1 Å². The summed E-state index contributed by atoms with van der Waals surface area (Å²) in [5.74, 6) is 0.0186. The van der Waals surface area contributed by atoms with Gasteiger partial charge in [0, 0.05) is 73.5 Å². The number of carbonyl (C=O) groups is 1. The van der Waals surface area contributed by atoms with Crippen molar-refractivity contribution in [2.75, 3.05) is 69.3 Å². The number of piperazine rings is 1. The summed E-state index contributed by atoms with van der Waals surface area (Å²) < 4.78 is 46.7. The Balaban J connectivity index is 1.00. The number of aromatic amines is 1. The summed E-state index contributed by atoms with van der Waals surface area (Å²) in [5, 5.41) is 18.1. The molecule has 1 amide bonds. The van der Waals surface area contributed by atoms with Crippen molar-refractivity contribution in [1.82, 2.24) is 19.6 Å². The normalized spacial score (nSPS) is 18.6. The van der Waals surface area contributed by atoms with Crippen molar-refractivity contribution < 1.29 is 32.3 Å². The number of allylic oxidation sites excluding steroid dienone is 1. The van der Waals surface area contributed by atoms with E-state index in [0.717, 1.165) is 62.7 Å². The lowest BCUT2D eigenvalue weighted by molar-refractivity contribution is -0.384. The SMILES string of the molecule is CC(C)c1csc(C2=C(CN3CCN(c4ccc(C(=O)NS(=O)(=O)c5ccc(NCC6COCCO6)c([N+](=O)[O-])c5)c(Oc5cnc6[nH]ccc6c5)c4)CC3)CCC(C)(C)C2)c1. The molecule has 15 nitrogen and oxygen atoms in total. The molecule has 2 fully saturated rings. The van der Waals surface area contributed by atoms with Gasteiger partial charge in [0.05, 0.1) is 47.5 Å². The Kier molecular flexibility index (Phi) is 12.7. The molecule has 2 saturated heterocycles. The molecule has 0 spiro atoms. The third-order valence-corrected chi connectivity index (χ3v) is 14.2. The maximum absolute atomic E-state index is 13.9. The fourth-order valence-electron chi connectivity index (χ4n) is 8.19. The number of H-pyrrole nitrogens is 1. The van der Waals surface area contributed by atoms with Gasteiger partial charge < -0.3 is 29.4 Å². The Morgan fingerprint density at radius 1 is 1.10 bits per heavy atom. The van der Waals surface area contributed by atoms with Crippen LogP contribution in [0.25, 0.3) is 16.6 Å². The highest BCUT2D eigenvalue weighted by atomic mass is 32.2. The molecule has 0 bridgehead atoms. The Bertz CT molecular complexity index is 2590. The predicted molar refractivity (Wildman–Crippen MR) is 241 cm³/mol. The molecule has 5 heterocycles. The highest BCUT2D eigenvalue weighted by Gasteiger charge is 2.31. The number of hydrogen-bond donors (Lipinski definition) is 3. The number of amides is 1. The topological polar surface area (TPSA) is 181 Å². The molecule has 1 unspecified atom stereocenters. The number of nitrogens with zero attached hydrogens (tertiary/aromatic N) is 4. The Morgan fingerprint density at radius 3 is 2.66 bits per heavy atom. The molecule has 5 aromatic rings. The minimum atomic E-state index is -4.57. The van der Waals surface area contributed by atoms with Crippen molar-refractivity contribution in [2.24, 2.45) is 5.41 Å². The van der Waals surface area contributed by atoms with Crippen molar-refractivity contribution >= 4 is 60.9 Å². The van der Waals surface area contributed by atoms with E-state index in [1.54, 1.807) is 30.5 Å². The van der Waals surface area contributed by atoms with Crippen LogP contribution in [0.2, 0.25) is 0 Å². The number of aromatic nitrogens is 2. The van der Waals surface area contributed by atoms with Crippen LogP contribution in [0.15, 0.2) is 82.8 Å². The lowest BCUT2D eigenvalue weighted by Gasteiger charge is -2.39. The van der Waals surface area contributed by atoms with Crippen molar-refractivity contribution in [3.8, 4) is 11.5 Å². The Hall–Kier alpha value is -5.33. The average molecular weight is 884 g/mol. The Labute approximate surface area is 365 Å². The van der Waals surface area contributed by atoms with Crippen molar-refractivity contribution in [2.45, 2.75) is 63.9 Å². The maximum atomic E-state index is 13.9. The lowest BCUT2D eigenvalue weighted by atomic mass is 9.73. The standard InChI is InChI=1S/C45H53N7O8S2/c1-29(2)32-20-42(61-28-32)38-23-45(3,4)11-9-31(38)26-50-13-15-51(16-14-50)33-5-7-37(41(21-33)60-34-19-30-10-12-46-43(30)48-24-34)44(53)49-62(56,57)36-6-8-39(40(22-36)52(54)55)47-25-35-27-58-17-18-59-35/h5-8,10,12,19-22,24,28-29,35,47H,9,11,13-18,23,25-27H2,1-4H3,(H,46,48)(H,49,53). The van der Waals surface area contributed by atoms with Crippen LogP contribution >= 0.6 is 11.3 Å². The quantitative estimate of drug-likeness (QED) is 0.0720. The summed E-state index contributed by atoms with van der Waals surface area (Å²) in [6.07, 6.45) is 6.30. The van der Waals surface area contributed by atoms with Gasteiger partial charge in [-0.15, -0.1) is 11.3 Å². The molecule has 328 valence electrons. The Morgan fingerprint density at radius 2 is 1.92 bits per heavy atom. The zero-order chi connectivity index (χ0) is 43.6. The summed E-state index contributed by atoms with van der Waals surface area (Å²) in [4.78, 5) is 38.5. The van der Waals surface area contributed by atoms with Gasteiger partial charge in [0.25, 0.3) is 21.6 Å². The molecule has 8 rings (SSSR count). The zero-order valence-corrected chi connectivity index (χ0v) is 37.1. The highest BCUT2D eigenvalue weighted by Crippen LogP contribution is 2.45. The molecule has 0 saturated carbocycles. The largest absolute Gasteiger partial charge is 0.455 e. The van der Waals surface area contributed by atoms with E-state index in [1.165, 1.54) is 46.3 Å². The zero-order valence-electron chi connectivity index (χ0n) is 35.4. The second-order valence-corrected chi connectivity index (χ2v) is 19.9. The van der Waals surface area contributed by atoms with E-state index in [9.17, 15) is 23.3 Å². The third kappa shape index (κ3) is 9.97. The number of rotatable bonds is 14. The number of nitrogens with one attached hydrogen (secondary N) is 3. The average Bonchev–Trinajstić information content (AvgIpc) is 3.95. The van der Waals surface area contributed by atoms with Crippen LogP contribution in [-0.4, -0.2) is 99.3 Å². The van der Waals surface area contributed by atoms with Gasteiger partial charge in [-0.05, 0) is 89.6 Å². The van der Waals surface area contributed by atoms with Crippen LogP contribution in [0.1, 0.15) is 73.7 Å². The minimum Gasteiger partial charge on any atom is -0.455 e. The summed E-state index contributed by atoms with van der Waals surface area (Å²) in [6.45, 7) is 14.8. The van der Waals surface area contributed by atoms with Gasteiger partial charge in [-0.3, -0.25) is 19.8 Å². The van der Waals surface area contributed by atoms with Crippen LogP contribution in [0.3, 0.4) is 0 Å². The molecular weight excluding hydrogens is 831 g/mol. The van der Waals surface area contributed by atoms with Gasteiger partial charge in [-0.25, -0.2) is 18.1 Å². The molecule has 1 aliphatic carbocycles. The third-order valence-electron chi connectivity index (χ3n) is 11.8. The lowest BCUT2D eigenvalue weighted by Crippen LogP contribution is -2.47. The number of ether oxygens (including phenoxy) is 3. The van der Waals surface area contributed by atoms with Crippen LogP contribution in [0, 0.1) is 15.5 Å².